The van der Waals surface area contributed by atoms with Crippen LogP contribution in [0.5, 0.6) is 5.75 Å². The van der Waals surface area contributed by atoms with Crippen LogP contribution in [-0.4, -0.2) is 60.5 Å². The lowest BCUT2D eigenvalue weighted by atomic mass is 9.90. The van der Waals surface area contributed by atoms with Crippen LogP contribution < -0.4 is 10.3 Å². The molecule has 0 bridgehead atoms. The van der Waals surface area contributed by atoms with Gasteiger partial charge < -0.3 is 14.7 Å². The number of fused-ring (bicyclic) bond motifs is 2. The van der Waals surface area contributed by atoms with E-state index in [-0.39, 0.29) is 36.3 Å². The fourth-order valence-electron chi connectivity index (χ4n) is 5.15. The molecule has 2 aromatic heterocycles. The van der Waals surface area contributed by atoms with Crippen LogP contribution in [0.4, 0.5) is 13.2 Å². The van der Waals surface area contributed by atoms with Crippen LogP contribution in [0.25, 0.3) is 16.7 Å². The SMILES string of the molecule is O=C(c1ccc2c(c1)CCO2)N1CCC(O)(Cn2cnc3c(cnn3-c3ccc(C(F)(F)F)cc3)c2=O)CC1. The van der Waals surface area contributed by atoms with E-state index in [1.165, 1.54) is 33.9 Å². The topological polar surface area (TPSA) is 102 Å². The third kappa shape index (κ3) is 4.65. The molecule has 6 rings (SSSR count). The Balaban J connectivity index is 1.16. The predicted molar refractivity (Wildman–Crippen MR) is 134 cm³/mol. The molecule has 39 heavy (non-hydrogen) atoms. The van der Waals surface area contributed by atoms with Crippen molar-refractivity contribution in [2.45, 2.75) is 37.6 Å². The quantitative estimate of drug-likeness (QED) is 0.428. The zero-order chi connectivity index (χ0) is 27.4. The first-order valence-corrected chi connectivity index (χ1v) is 12.5. The molecule has 4 heterocycles. The molecule has 0 spiro atoms. The average molecular weight is 540 g/mol. The highest BCUT2D eigenvalue weighted by atomic mass is 19.4. The molecule has 1 fully saturated rings. The lowest BCUT2D eigenvalue weighted by Crippen LogP contribution is -2.49. The van der Waals surface area contributed by atoms with E-state index < -0.39 is 22.9 Å². The summed E-state index contributed by atoms with van der Waals surface area (Å²) in [6.45, 7) is 1.26. The molecule has 2 aromatic carbocycles. The minimum atomic E-state index is -4.46. The summed E-state index contributed by atoms with van der Waals surface area (Å²) >= 11 is 0. The molecule has 2 aliphatic heterocycles. The number of piperidine rings is 1. The molecule has 2 aliphatic rings. The molecular formula is C27H24F3N5O4. The van der Waals surface area contributed by atoms with E-state index in [0.717, 1.165) is 29.9 Å². The Bertz CT molecular complexity index is 1620. The van der Waals surface area contributed by atoms with E-state index in [4.69, 9.17) is 4.74 Å². The summed E-state index contributed by atoms with van der Waals surface area (Å²) in [5.41, 5.74) is -0.312. The second kappa shape index (κ2) is 9.23. The van der Waals surface area contributed by atoms with Crippen LogP contribution in [0.1, 0.15) is 34.3 Å². The van der Waals surface area contributed by atoms with Crippen LogP contribution in [-0.2, 0) is 19.1 Å². The highest BCUT2D eigenvalue weighted by Crippen LogP contribution is 2.31. The van der Waals surface area contributed by atoms with Crippen molar-refractivity contribution in [3.63, 3.8) is 0 Å². The van der Waals surface area contributed by atoms with Gasteiger partial charge in [-0.25, -0.2) is 9.67 Å². The minimum Gasteiger partial charge on any atom is -0.493 e. The number of benzene rings is 2. The van der Waals surface area contributed by atoms with Crippen LogP contribution >= 0.6 is 0 Å². The Labute approximate surface area is 220 Å². The Morgan fingerprint density at radius 2 is 1.85 bits per heavy atom. The summed E-state index contributed by atoms with van der Waals surface area (Å²) < 4.78 is 46.8. The van der Waals surface area contributed by atoms with E-state index in [1.807, 2.05) is 12.1 Å². The van der Waals surface area contributed by atoms with Gasteiger partial charge in [0.15, 0.2) is 5.65 Å². The Morgan fingerprint density at radius 1 is 1.10 bits per heavy atom. The van der Waals surface area contributed by atoms with E-state index >= 15 is 0 Å². The molecule has 4 aromatic rings. The van der Waals surface area contributed by atoms with Gasteiger partial charge in [0.25, 0.3) is 11.5 Å². The number of aliphatic hydroxyl groups is 1. The lowest BCUT2D eigenvalue weighted by Gasteiger charge is -2.38. The lowest BCUT2D eigenvalue weighted by molar-refractivity contribution is -0.137. The first-order valence-electron chi connectivity index (χ1n) is 12.5. The van der Waals surface area contributed by atoms with Gasteiger partial charge in [0, 0.05) is 25.1 Å². The standard InChI is InChI=1S/C27H24F3N5O4/c28-27(29,30)19-2-4-20(5-3-19)35-23-21(14-32-35)25(37)34(16-31-23)15-26(38)8-10-33(11-9-26)24(36)18-1-6-22-17(13-18)7-12-39-22/h1-6,13-14,16,38H,7-12,15H2. The normalized spacial score (nSPS) is 16.8. The average Bonchev–Trinajstić information content (AvgIpc) is 3.57. The number of carbonyl (C=O) groups is 1. The summed E-state index contributed by atoms with van der Waals surface area (Å²) in [6.07, 6.45) is -0.519. The molecule has 12 heteroatoms. The monoisotopic (exact) mass is 539 g/mol. The summed E-state index contributed by atoms with van der Waals surface area (Å²) in [5, 5.41) is 15.6. The van der Waals surface area contributed by atoms with Gasteiger partial charge >= 0.3 is 6.18 Å². The number of ether oxygens (including phenoxy) is 1. The van der Waals surface area contributed by atoms with Crippen molar-refractivity contribution in [2.75, 3.05) is 19.7 Å². The molecular weight excluding hydrogens is 515 g/mol. The second-order valence-electron chi connectivity index (χ2n) is 9.95. The molecule has 9 nitrogen and oxygen atoms in total. The molecule has 0 saturated carbocycles. The fourth-order valence-corrected chi connectivity index (χ4v) is 5.15. The molecule has 0 aliphatic carbocycles. The number of likely N-dealkylation sites (tertiary alicyclic amines) is 1. The van der Waals surface area contributed by atoms with Crippen LogP contribution in [0.3, 0.4) is 0 Å². The third-order valence-electron chi connectivity index (χ3n) is 7.38. The summed E-state index contributed by atoms with van der Waals surface area (Å²) in [7, 11) is 0. The Morgan fingerprint density at radius 3 is 2.56 bits per heavy atom. The molecule has 1 saturated heterocycles. The minimum absolute atomic E-state index is 0.0154. The third-order valence-corrected chi connectivity index (χ3v) is 7.38. The van der Waals surface area contributed by atoms with E-state index in [2.05, 4.69) is 10.1 Å². The van der Waals surface area contributed by atoms with E-state index in [9.17, 15) is 27.9 Å². The van der Waals surface area contributed by atoms with Gasteiger partial charge in [0.1, 0.15) is 17.5 Å². The van der Waals surface area contributed by atoms with Crippen molar-refractivity contribution in [3.8, 4) is 11.4 Å². The molecule has 0 radical (unpaired) electrons. The number of carbonyl (C=O) groups excluding carboxylic acids is 1. The van der Waals surface area contributed by atoms with Crippen molar-refractivity contribution in [2.24, 2.45) is 0 Å². The maximum Gasteiger partial charge on any atom is 0.416 e. The Hall–Kier alpha value is -4.19. The summed E-state index contributed by atoms with van der Waals surface area (Å²) in [6, 6.07) is 9.82. The summed E-state index contributed by atoms with van der Waals surface area (Å²) in [4.78, 5) is 32.2. The van der Waals surface area contributed by atoms with Crippen molar-refractivity contribution in [1.82, 2.24) is 24.2 Å². The number of hydrogen-bond donors (Lipinski definition) is 1. The number of amides is 1. The highest BCUT2D eigenvalue weighted by molar-refractivity contribution is 5.94. The Kier molecular flexibility index (Phi) is 5.94. The smallest absolute Gasteiger partial charge is 0.416 e. The highest BCUT2D eigenvalue weighted by Gasteiger charge is 2.35. The van der Waals surface area contributed by atoms with Crippen molar-refractivity contribution in [3.05, 3.63) is 82.0 Å². The first kappa shape index (κ1) is 25.1. The van der Waals surface area contributed by atoms with Gasteiger partial charge in [0.2, 0.25) is 0 Å². The van der Waals surface area contributed by atoms with Crippen molar-refractivity contribution in [1.29, 1.82) is 0 Å². The first-order chi connectivity index (χ1) is 18.6. The van der Waals surface area contributed by atoms with Crippen molar-refractivity contribution >= 4 is 16.9 Å². The number of nitrogens with zero attached hydrogens (tertiary/aromatic N) is 5. The predicted octanol–water partition coefficient (Wildman–Crippen LogP) is 3.20. The number of alkyl halides is 3. The van der Waals surface area contributed by atoms with Crippen LogP contribution in [0.15, 0.2) is 59.8 Å². The van der Waals surface area contributed by atoms with Gasteiger partial charge in [-0.15, -0.1) is 0 Å². The maximum absolute atomic E-state index is 13.2. The van der Waals surface area contributed by atoms with Gasteiger partial charge in [-0.05, 0) is 60.9 Å². The second-order valence-corrected chi connectivity index (χ2v) is 9.95. The van der Waals surface area contributed by atoms with Gasteiger partial charge in [0.05, 0.1) is 36.2 Å². The molecule has 1 amide bonds. The largest absolute Gasteiger partial charge is 0.493 e. The number of halogens is 3. The van der Waals surface area contributed by atoms with Crippen molar-refractivity contribution < 1.29 is 27.8 Å². The zero-order valence-corrected chi connectivity index (χ0v) is 20.7. The van der Waals surface area contributed by atoms with Gasteiger partial charge in [-0.1, -0.05) is 0 Å². The maximum atomic E-state index is 13.2. The van der Waals surface area contributed by atoms with Crippen LogP contribution in [0, 0.1) is 0 Å². The number of rotatable bonds is 4. The van der Waals surface area contributed by atoms with E-state index in [0.29, 0.717) is 30.9 Å². The number of hydrogen-bond acceptors (Lipinski definition) is 6. The van der Waals surface area contributed by atoms with Gasteiger partial charge in [-0.2, -0.15) is 18.3 Å². The molecule has 0 unspecified atom stereocenters. The van der Waals surface area contributed by atoms with Crippen LogP contribution in [0.2, 0.25) is 0 Å². The molecule has 202 valence electrons. The molecule has 1 N–H and O–H groups in total. The number of aromatic nitrogens is 4. The fraction of sp³-hybridized carbons (Fsp3) is 0.333. The zero-order valence-electron chi connectivity index (χ0n) is 20.7. The van der Waals surface area contributed by atoms with E-state index in [1.54, 1.807) is 11.0 Å². The van der Waals surface area contributed by atoms with Gasteiger partial charge in [-0.3, -0.25) is 14.2 Å². The molecule has 0 atom stereocenters. The summed E-state index contributed by atoms with van der Waals surface area (Å²) in [5.74, 6) is 0.697.